The van der Waals surface area contributed by atoms with E-state index in [1.165, 1.54) is 13.8 Å². The molecule has 6 nitrogen and oxygen atoms in total. The quantitative estimate of drug-likeness (QED) is 0.254. The van der Waals surface area contributed by atoms with Crippen LogP contribution in [0.5, 0.6) is 0 Å². The van der Waals surface area contributed by atoms with Gasteiger partial charge >= 0.3 is 11.9 Å². The number of esters is 1. The summed E-state index contributed by atoms with van der Waals surface area (Å²) in [4.78, 5) is 30.4. The molecular weight excluding hydrogens is 240 g/mol. The molecule has 18 heavy (non-hydrogen) atoms. The number of hydrogen-bond acceptors (Lipinski definition) is 6. The fourth-order valence-electron chi connectivity index (χ4n) is 0.458. The number of carbonyl (C=O) groups excluding carboxylic acids is 2. The van der Waals surface area contributed by atoms with E-state index in [9.17, 15) is 9.59 Å². The van der Waals surface area contributed by atoms with Crippen LogP contribution in [-0.2, 0) is 24.1 Å². The van der Waals surface area contributed by atoms with E-state index in [1.807, 2.05) is 0 Å². The van der Waals surface area contributed by atoms with E-state index in [4.69, 9.17) is 5.11 Å². The summed E-state index contributed by atoms with van der Waals surface area (Å²) in [7, 11) is 0. The first-order valence-electron chi connectivity index (χ1n) is 5.29. The normalized spacial score (nSPS) is 8.67. The van der Waals surface area contributed by atoms with Crippen molar-refractivity contribution in [2.45, 2.75) is 20.8 Å². The van der Waals surface area contributed by atoms with E-state index < -0.39 is 11.9 Å². The molecule has 1 N–H and O–H groups in total. The van der Waals surface area contributed by atoms with Gasteiger partial charge in [0.2, 0.25) is 0 Å². The summed E-state index contributed by atoms with van der Waals surface area (Å²) in [5.74, 6) is -1.16. The lowest BCUT2D eigenvalue weighted by Gasteiger charge is -2.04. The largest absolute Gasteiger partial charge is 0.460 e. The predicted molar refractivity (Wildman–Crippen MR) is 65.4 cm³/mol. The SMILES string of the molecule is C=C(C)C(=O)OCCOOC(=O)C(=C)C.CCO. The second-order valence-corrected chi connectivity index (χ2v) is 3.21. The fourth-order valence-corrected chi connectivity index (χ4v) is 0.458. The minimum atomic E-state index is -0.652. The lowest BCUT2D eigenvalue weighted by atomic mass is 10.4. The zero-order valence-corrected chi connectivity index (χ0v) is 11.0. The van der Waals surface area contributed by atoms with E-state index in [1.54, 1.807) is 6.92 Å². The molecule has 0 radical (unpaired) electrons. The average Bonchev–Trinajstić information content (AvgIpc) is 2.28. The average molecular weight is 260 g/mol. The summed E-state index contributed by atoms with van der Waals surface area (Å²) in [5, 5.41) is 7.57. The lowest BCUT2D eigenvalue weighted by molar-refractivity contribution is -0.271. The molecule has 0 rings (SSSR count). The molecule has 0 saturated heterocycles. The third-order valence-corrected chi connectivity index (χ3v) is 1.23. The van der Waals surface area contributed by atoms with Gasteiger partial charge in [-0.15, -0.1) is 0 Å². The third-order valence-electron chi connectivity index (χ3n) is 1.23. The van der Waals surface area contributed by atoms with Gasteiger partial charge in [0, 0.05) is 17.8 Å². The van der Waals surface area contributed by atoms with Gasteiger partial charge in [-0.3, -0.25) is 4.89 Å². The molecule has 0 aliphatic heterocycles. The summed E-state index contributed by atoms with van der Waals surface area (Å²) in [6.07, 6.45) is 0. The summed E-state index contributed by atoms with van der Waals surface area (Å²) in [6, 6.07) is 0. The fraction of sp³-hybridized carbons (Fsp3) is 0.500. The van der Waals surface area contributed by atoms with Crippen LogP contribution in [0.1, 0.15) is 20.8 Å². The highest BCUT2D eigenvalue weighted by Crippen LogP contribution is 1.94. The lowest BCUT2D eigenvalue weighted by Crippen LogP contribution is -2.13. The van der Waals surface area contributed by atoms with Gasteiger partial charge in [-0.25, -0.2) is 9.59 Å². The molecule has 6 heteroatoms. The summed E-state index contributed by atoms with van der Waals surface area (Å²) in [5.41, 5.74) is 0.530. The van der Waals surface area contributed by atoms with Crippen LogP contribution < -0.4 is 0 Å². The first-order chi connectivity index (χ1) is 8.36. The van der Waals surface area contributed by atoms with Crippen LogP contribution in [-0.4, -0.2) is 36.9 Å². The van der Waals surface area contributed by atoms with Crippen molar-refractivity contribution in [2.24, 2.45) is 0 Å². The maximum atomic E-state index is 10.8. The highest BCUT2D eigenvalue weighted by Gasteiger charge is 2.05. The molecular formula is C12H20O6. The number of aliphatic hydroxyl groups excluding tert-OH is 1. The highest BCUT2D eigenvalue weighted by molar-refractivity contribution is 5.87. The van der Waals surface area contributed by atoms with Gasteiger partial charge in [0.15, 0.2) is 0 Å². The van der Waals surface area contributed by atoms with Crippen molar-refractivity contribution >= 4 is 11.9 Å². The van der Waals surface area contributed by atoms with Gasteiger partial charge in [-0.2, -0.15) is 4.89 Å². The van der Waals surface area contributed by atoms with Gasteiger partial charge < -0.3 is 9.84 Å². The maximum Gasteiger partial charge on any atom is 0.368 e. The Kier molecular flexibility index (Phi) is 12.3. The Morgan fingerprint density at radius 2 is 1.50 bits per heavy atom. The highest BCUT2D eigenvalue weighted by atomic mass is 17.2. The smallest absolute Gasteiger partial charge is 0.368 e. The van der Waals surface area contributed by atoms with Crippen molar-refractivity contribution in [2.75, 3.05) is 19.8 Å². The molecule has 0 aliphatic carbocycles. The third kappa shape index (κ3) is 12.4. The van der Waals surface area contributed by atoms with E-state index in [0.29, 0.717) is 5.57 Å². The van der Waals surface area contributed by atoms with Crippen molar-refractivity contribution in [1.82, 2.24) is 0 Å². The Morgan fingerprint density at radius 1 is 1.06 bits per heavy atom. The van der Waals surface area contributed by atoms with E-state index in [2.05, 4.69) is 27.7 Å². The molecule has 0 aromatic rings. The number of rotatable bonds is 6. The van der Waals surface area contributed by atoms with E-state index in [0.717, 1.165) is 0 Å². The summed E-state index contributed by atoms with van der Waals surface area (Å²) >= 11 is 0. The van der Waals surface area contributed by atoms with Gasteiger partial charge in [-0.1, -0.05) is 13.2 Å². The second kappa shape index (κ2) is 11.8. The molecule has 0 unspecified atom stereocenters. The maximum absolute atomic E-state index is 10.8. The van der Waals surface area contributed by atoms with Crippen molar-refractivity contribution in [3.8, 4) is 0 Å². The Balaban J connectivity index is 0. The second-order valence-electron chi connectivity index (χ2n) is 3.21. The summed E-state index contributed by atoms with van der Waals surface area (Å²) < 4.78 is 4.67. The van der Waals surface area contributed by atoms with E-state index >= 15 is 0 Å². The van der Waals surface area contributed by atoms with E-state index in [-0.39, 0.29) is 25.4 Å². The Bertz CT molecular complexity index is 267. The first kappa shape index (κ1) is 18.7. The minimum Gasteiger partial charge on any atom is -0.460 e. The first-order valence-corrected chi connectivity index (χ1v) is 5.29. The van der Waals surface area contributed by atoms with Crippen LogP contribution in [0.25, 0.3) is 0 Å². The molecule has 0 aromatic carbocycles. The zero-order chi connectivity index (χ0) is 14.6. The zero-order valence-electron chi connectivity index (χ0n) is 11.0. The van der Waals surface area contributed by atoms with Gasteiger partial charge in [0.1, 0.15) is 13.2 Å². The molecule has 0 aliphatic rings. The van der Waals surface area contributed by atoms with Crippen LogP contribution in [0, 0.1) is 0 Å². The molecule has 0 spiro atoms. The predicted octanol–water partition coefficient (Wildman–Crippen LogP) is 1.16. The van der Waals surface area contributed by atoms with Crippen LogP contribution in [0.4, 0.5) is 0 Å². The molecule has 0 heterocycles. The molecule has 0 bridgehead atoms. The monoisotopic (exact) mass is 260 g/mol. The van der Waals surface area contributed by atoms with Crippen molar-refractivity contribution in [3.63, 3.8) is 0 Å². The Labute approximate surface area is 107 Å². The van der Waals surface area contributed by atoms with Crippen molar-refractivity contribution in [1.29, 1.82) is 0 Å². The molecule has 0 saturated carbocycles. The van der Waals surface area contributed by atoms with Crippen molar-refractivity contribution < 1.29 is 29.2 Å². The van der Waals surface area contributed by atoms with Crippen LogP contribution >= 0.6 is 0 Å². The van der Waals surface area contributed by atoms with Gasteiger partial charge in [-0.05, 0) is 20.8 Å². The molecule has 104 valence electrons. The van der Waals surface area contributed by atoms with Crippen LogP contribution in [0.2, 0.25) is 0 Å². The summed E-state index contributed by atoms with van der Waals surface area (Å²) in [6.45, 7) is 11.7. The molecule has 0 atom stereocenters. The topological polar surface area (TPSA) is 82.1 Å². The van der Waals surface area contributed by atoms with Gasteiger partial charge in [0.05, 0.1) is 0 Å². The number of carbonyl (C=O) groups is 2. The molecule has 0 amide bonds. The van der Waals surface area contributed by atoms with Crippen LogP contribution in [0.15, 0.2) is 24.3 Å². The number of aliphatic hydroxyl groups is 1. The minimum absolute atomic E-state index is 0.00480. The Hall–Kier alpha value is -1.66. The molecule has 0 fully saturated rings. The number of ether oxygens (including phenoxy) is 1. The number of hydrogen-bond donors (Lipinski definition) is 1. The van der Waals surface area contributed by atoms with Crippen LogP contribution in [0.3, 0.4) is 0 Å². The van der Waals surface area contributed by atoms with Gasteiger partial charge in [0.25, 0.3) is 0 Å². The Morgan fingerprint density at radius 3 is 1.89 bits per heavy atom. The molecule has 0 aromatic heterocycles. The van der Waals surface area contributed by atoms with Crippen molar-refractivity contribution in [3.05, 3.63) is 24.3 Å². The standard InChI is InChI=1S/C10H14O5.C2H6O/c1-7(2)9(11)13-5-6-14-15-10(12)8(3)4;1-2-3/h1,3,5-6H2,2,4H3;3H,2H2,1H3.